The average Bonchev–Trinajstić information content (AvgIpc) is 2.95. The molecule has 0 radical (unpaired) electrons. The third kappa shape index (κ3) is 5.29. The average molecular weight is 565 g/mol. The number of hydrogen-bond donors (Lipinski definition) is 7. The summed E-state index contributed by atoms with van der Waals surface area (Å²) >= 11 is 0. The van der Waals surface area contributed by atoms with E-state index in [0.717, 1.165) is 6.08 Å². The topological polar surface area (TPSA) is 194 Å². The van der Waals surface area contributed by atoms with Crippen molar-refractivity contribution in [2.24, 2.45) is 0 Å². The highest BCUT2D eigenvalue weighted by Gasteiger charge is 2.50. The second-order valence-electron chi connectivity index (χ2n) is 9.95. The molecule has 0 saturated carbocycles. The highest BCUT2D eigenvalue weighted by Crippen LogP contribution is 2.47. The SMILES string of the molecule is O=C(C=Cc1ccc(O)cc1)OCC1OC(C2c3cccc(O)c3C(=O)c3c(O)cc(CO)cc32)C(O)C(O)C1O. The van der Waals surface area contributed by atoms with Crippen LogP contribution in [0.4, 0.5) is 0 Å². The number of ether oxygens (including phenoxy) is 2. The Hall–Kier alpha value is -4.26. The number of aromatic hydroxyl groups is 3. The predicted molar refractivity (Wildman–Crippen MR) is 142 cm³/mol. The van der Waals surface area contributed by atoms with E-state index in [1.807, 2.05) is 0 Å². The number of benzene rings is 3. The normalized spacial score (nSPS) is 25.5. The van der Waals surface area contributed by atoms with Gasteiger partial charge in [-0.3, -0.25) is 4.79 Å². The standard InChI is InChI=1S/C30H28O11/c31-12-15-10-18-23(17-2-1-3-19(33)24(17)27(37)25(18)20(34)11-15)30-29(39)28(38)26(36)21(41-30)13-40-22(35)9-6-14-4-7-16(32)8-5-14/h1-11,21,23,26,28-34,36,38-39H,12-13H2. The Kier molecular flexibility index (Phi) is 7.80. The van der Waals surface area contributed by atoms with Crippen molar-refractivity contribution in [1.29, 1.82) is 0 Å². The van der Waals surface area contributed by atoms with Crippen LogP contribution in [-0.2, 0) is 20.9 Å². The molecule has 41 heavy (non-hydrogen) atoms. The van der Waals surface area contributed by atoms with Gasteiger partial charge in [-0.05, 0) is 52.6 Å². The molecule has 214 valence electrons. The summed E-state index contributed by atoms with van der Waals surface area (Å²) in [5, 5.41) is 72.8. The van der Waals surface area contributed by atoms with Crippen LogP contribution in [-0.4, -0.2) is 84.6 Å². The van der Waals surface area contributed by atoms with Crippen LogP contribution in [0.3, 0.4) is 0 Å². The van der Waals surface area contributed by atoms with Gasteiger partial charge in [-0.1, -0.05) is 30.3 Å². The van der Waals surface area contributed by atoms with Gasteiger partial charge in [0.1, 0.15) is 48.3 Å². The van der Waals surface area contributed by atoms with E-state index in [1.54, 1.807) is 12.1 Å². The number of hydrogen-bond acceptors (Lipinski definition) is 11. The van der Waals surface area contributed by atoms with Crippen LogP contribution >= 0.6 is 0 Å². The first-order valence-corrected chi connectivity index (χ1v) is 12.8. The Labute approximate surface area is 233 Å². The smallest absolute Gasteiger partial charge is 0.330 e. The first kappa shape index (κ1) is 28.3. The second kappa shape index (κ2) is 11.3. The van der Waals surface area contributed by atoms with Gasteiger partial charge in [-0.15, -0.1) is 0 Å². The zero-order valence-electron chi connectivity index (χ0n) is 21.5. The molecule has 2 aliphatic rings. The van der Waals surface area contributed by atoms with Crippen molar-refractivity contribution in [3.05, 3.63) is 94.1 Å². The van der Waals surface area contributed by atoms with Gasteiger partial charge in [-0.2, -0.15) is 0 Å². The molecule has 0 amide bonds. The molecule has 0 bridgehead atoms. The highest BCUT2D eigenvalue weighted by atomic mass is 16.6. The molecular formula is C30H28O11. The van der Waals surface area contributed by atoms with E-state index >= 15 is 0 Å². The van der Waals surface area contributed by atoms with Gasteiger partial charge in [-0.25, -0.2) is 4.79 Å². The highest BCUT2D eigenvalue weighted by molar-refractivity contribution is 6.16. The minimum Gasteiger partial charge on any atom is -0.508 e. The summed E-state index contributed by atoms with van der Waals surface area (Å²) in [5.74, 6) is -3.27. The maximum absolute atomic E-state index is 13.3. The number of aliphatic hydroxyl groups is 4. The molecular weight excluding hydrogens is 536 g/mol. The van der Waals surface area contributed by atoms with Crippen LogP contribution in [0.2, 0.25) is 0 Å². The lowest BCUT2D eigenvalue weighted by Crippen LogP contribution is -2.60. The number of carbonyl (C=O) groups excluding carboxylic acids is 2. The first-order valence-electron chi connectivity index (χ1n) is 12.8. The Balaban J connectivity index is 1.45. The molecule has 6 unspecified atom stereocenters. The number of carbonyl (C=O) groups is 2. The molecule has 6 atom stereocenters. The Bertz CT molecular complexity index is 1500. The molecule has 5 rings (SSSR count). The number of phenols is 3. The van der Waals surface area contributed by atoms with Gasteiger partial charge in [0.25, 0.3) is 0 Å². The molecule has 3 aromatic rings. The first-order chi connectivity index (χ1) is 19.6. The number of esters is 1. The van der Waals surface area contributed by atoms with E-state index in [9.17, 15) is 45.3 Å². The van der Waals surface area contributed by atoms with Gasteiger partial charge in [0.05, 0.1) is 23.8 Å². The summed E-state index contributed by atoms with van der Waals surface area (Å²) in [7, 11) is 0. The van der Waals surface area contributed by atoms with Crippen molar-refractivity contribution in [2.45, 2.75) is 43.0 Å². The van der Waals surface area contributed by atoms with Crippen LogP contribution in [0.5, 0.6) is 17.2 Å². The quantitative estimate of drug-likeness (QED) is 0.167. The van der Waals surface area contributed by atoms with Crippen molar-refractivity contribution in [2.75, 3.05) is 6.61 Å². The molecule has 11 nitrogen and oxygen atoms in total. The Morgan fingerprint density at radius 2 is 1.59 bits per heavy atom. The fourth-order valence-electron chi connectivity index (χ4n) is 5.36. The van der Waals surface area contributed by atoms with Crippen molar-refractivity contribution >= 4 is 17.8 Å². The largest absolute Gasteiger partial charge is 0.508 e. The Morgan fingerprint density at radius 1 is 0.878 bits per heavy atom. The van der Waals surface area contributed by atoms with Gasteiger partial charge in [0, 0.05) is 12.0 Å². The third-order valence-corrected chi connectivity index (χ3v) is 7.36. The minimum atomic E-state index is -1.75. The summed E-state index contributed by atoms with van der Waals surface area (Å²) in [4.78, 5) is 25.7. The maximum Gasteiger partial charge on any atom is 0.330 e. The van der Waals surface area contributed by atoms with E-state index in [-0.39, 0.29) is 39.3 Å². The fraction of sp³-hybridized carbons (Fsp3) is 0.267. The number of aliphatic hydroxyl groups excluding tert-OH is 4. The lowest BCUT2D eigenvalue weighted by atomic mass is 9.71. The van der Waals surface area contributed by atoms with Crippen molar-refractivity contribution in [3.8, 4) is 17.2 Å². The zero-order valence-corrected chi connectivity index (χ0v) is 21.5. The van der Waals surface area contributed by atoms with Gasteiger partial charge in [0.15, 0.2) is 0 Å². The number of phenolic OH excluding ortho intramolecular Hbond substituents is 3. The van der Waals surface area contributed by atoms with Crippen molar-refractivity contribution in [1.82, 2.24) is 0 Å². The van der Waals surface area contributed by atoms with Crippen molar-refractivity contribution in [3.63, 3.8) is 0 Å². The number of rotatable bonds is 6. The lowest BCUT2D eigenvalue weighted by Gasteiger charge is -2.45. The second-order valence-corrected chi connectivity index (χ2v) is 9.95. The predicted octanol–water partition coefficient (Wildman–Crippen LogP) is 1.08. The zero-order chi connectivity index (χ0) is 29.4. The van der Waals surface area contributed by atoms with Crippen molar-refractivity contribution < 1.29 is 54.8 Å². The molecule has 1 fully saturated rings. The Morgan fingerprint density at radius 3 is 2.29 bits per heavy atom. The van der Waals surface area contributed by atoms with E-state index in [2.05, 4.69) is 0 Å². The molecule has 1 aliphatic carbocycles. The number of ketones is 1. The minimum absolute atomic E-state index is 0.0639. The van der Waals surface area contributed by atoms with Crippen LogP contribution in [0, 0.1) is 0 Å². The fourth-order valence-corrected chi connectivity index (χ4v) is 5.36. The van der Waals surface area contributed by atoms with Gasteiger partial charge in [0.2, 0.25) is 5.78 Å². The van der Waals surface area contributed by atoms with E-state index < -0.39 is 67.2 Å². The molecule has 11 heteroatoms. The number of fused-ring (bicyclic) bond motifs is 2. The monoisotopic (exact) mass is 564 g/mol. The summed E-state index contributed by atoms with van der Waals surface area (Å²) in [6, 6.07) is 13.0. The van der Waals surface area contributed by atoms with Gasteiger partial charge < -0.3 is 45.2 Å². The van der Waals surface area contributed by atoms with Crippen LogP contribution < -0.4 is 0 Å². The molecule has 0 spiro atoms. The van der Waals surface area contributed by atoms with Gasteiger partial charge >= 0.3 is 5.97 Å². The molecule has 1 heterocycles. The molecule has 0 aromatic heterocycles. The molecule has 1 aliphatic heterocycles. The molecule has 1 saturated heterocycles. The van der Waals surface area contributed by atoms with E-state index in [4.69, 9.17) is 9.47 Å². The van der Waals surface area contributed by atoms with Crippen LogP contribution in [0.15, 0.2) is 60.7 Å². The summed E-state index contributed by atoms with van der Waals surface area (Å²) in [5.41, 5.74) is 0.995. The van der Waals surface area contributed by atoms with E-state index in [1.165, 1.54) is 48.5 Å². The molecule has 3 aromatic carbocycles. The summed E-state index contributed by atoms with van der Waals surface area (Å²) < 4.78 is 11.3. The van der Waals surface area contributed by atoms with Crippen LogP contribution in [0.1, 0.15) is 44.1 Å². The summed E-state index contributed by atoms with van der Waals surface area (Å²) in [6.45, 7) is -0.978. The maximum atomic E-state index is 13.3. The van der Waals surface area contributed by atoms with E-state index in [0.29, 0.717) is 5.56 Å². The lowest BCUT2D eigenvalue weighted by molar-refractivity contribution is -0.234. The molecule has 7 N–H and O–H groups in total. The van der Waals surface area contributed by atoms with Crippen LogP contribution in [0.25, 0.3) is 6.08 Å². The summed E-state index contributed by atoms with van der Waals surface area (Å²) in [6.07, 6.45) is -5.17. The third-order valence-electron chi connectivity index (χ3n) is 7.36.